The van der Waals surface area contributed by atoms with E-state index in [0.717, 1.165) is 0 Å². The van der Waals surface area contributed by atoms with E-state index < -0.39 is 29.9 Å². The molecule has 90 valence electrons. The molecule has 0 aliphatic heterocycles. The molecule has 0 amide bonds. The summed E-state index contributed by atoms with van der Waals surface area (Å²) < 4.78 is 115. The molecule has 0 radical (unpaired) electrons. The van der Waals surface area contributed by atoms with Crippen molar-refractivity contribution in [2.75, 3.05) is 0 Å². The highest BCUT2D eigenvalue weighted by atomic mass is 19.4. The van der Waals surface area contributed by atoms with E-state index in [2.05, 4.69) is 0 Å². The van der Waals surface area contributed by atoms with E-state index in [9.17, 15) is 43.9 Å². The summed E-state index contributed by atoms with van der Waals surface area (Å²) in [5.41, 5.74) is 0. The van der Waals surface area contributed by atoms with Gasteiger partial charge >= 0.3 is 18.3 Å². The van der Waals surface area contributed by atoms with Crippen molar-refractivity contribution in [3.8, 4) is 0 Å². The Morgan fingerprint density at radius 2 is 0.933 bits per heavy atom. The van der Waals surface area contributed by atoms with Gasteiger partial charge in [-0.05, 0) is 0 Å². The molecular weight excluding hydrogens is 250 g/mol. The van der Waals surface area contributed by atoms with Gasteiger partial charge in [-0.1, -0.05) is 0 Å². The van der Waals surface area contributed by atoms with Gasteiger partial charge in [-0.15, -0.1) is 0 Å². The zero-order chi connectivity index (χ0) is 12.7. The molecule has 0 N–H and O–H groups in total. The fourth-order valence-electron chi connectivity index (χ4n) is 0.387. The summed E-state index contributed by atoms with van der Waals surface area (Å²) in [5.74, 6) is -14.8. The van der Waals surface area contributed by atoms with Crippen LogP contribution in [-0.4, -0.2) is 18.3 Å². The van der Waals surface area contributed by atoms with Crippen LogP contribution in [0.3, 0.4) is 0 Å². The number of allylic oxidation sites excluding steroid dienone is 2. The van der Waals surface area contributed by atoms with Crippen LogP contribution in [0.5, 0.6) is 0 Å². The minimum Gasteiger partial charge on any atom is -0.201 e. The summed E-state index contributed by atoms with van der Waals surface area (Å²) in [6, 6.07) is 0. The molecule has 0 saturated carbocycles. The molecule has 0 aliphatic carbocycles. The first-order valence-electron chi connectivity index (χ1n) is 2.89. The standard InChI is InChI=1S/C5F10/c6-1(2(7)4(10,11)12)3(8,9)5(13,14)15/b2-1+. The van der Waals surface area contributed by atoms with Crippen molar-refractivity contribution < 1.29 is 43.9 Å². The molecule has 15 heavy (non-hydrogen) atoms. The van der Waals surface area contributed by atoms with Gasteiger partial charge in [0.2, 0.25) is 11.7 Å². The van der Waals surface area contributed by atoms with Crippen molar-refractivity contribution in [1.29, 1.82) is 0 Å². The van der Waals surface area contributed by atoms with Crippen LogP contribution in [0.15, 0.2) is 11.7 Å². The third kappa shape index (κ3) is 2.75. The fraction of sp³-hybridized carbons (Fsp3) is 0.600. The summed E-state index contributed by atoms with van der Waals surface area (Å²) in [4.78, 5) is 0. The molecule has 0 heterocycles. The fourth-order valence-corrected chi connectivity index (χ4v) is 0.387. The highest BCUT2D eigenvalue weighted by Gasteiger charge is 2.64. The lowest BCUT2D eigenvalue weighted by molar-refractivity contribution is -0.272. The first-order chi connectivity index (χ1) is 6.32. The number of hydrogen-bond donors (Lipinski definition) is 0. The van der Waals surface area contributed by atoms with Crippen LogP contribution < -0.4 is 0 Å². The quantitative estimate of drug-likeness (QED) is 0.619. The molecule has 10 heteroatoms. The largest absolute Gasteiger partial charge is 0.460 e. The molecule has 0 atom stereocenters. The second kappa shape index (κ2) is 3.56. The van der Waals surface area contributed by atoms with E-state index in [1.807, 2.05) is 0 Å². The smallest absolute Gasteiger partial charge is 0.201 e. The van der Waals surface area contributed by atoms with Gasteiger partial charge in [0.15, 0.2) is 0 Å². The second-order valence-corrected chi connectivity index (χ2v) is 2.20. The van der Waals surface area contributed by atoms with E-state index in [4.69, 9.17) is 0 Å². The van der Waals surface area contributed by atoms with Crippen LogP contribution in [0.2, 0.25) is 0 Å². The molecule has 0 unspecified atom stereocenters. The molecule has 0 bridgehead atoms. The maximum Gasteiger partial charge on any atom is 0.460 e. The third-order valence-electron chi connectivity index (χ3n) is 1.07. The Bertz CT molecular complexity index is 265. The second-order valence-electron chi connectivity index (χ2n) is 2.20. The maximum atomic E-state index is 11.9. The summed E-state index contributed by atoms with van der Waals surface area (Å²) in [7, 11) is 0. The normalized spacial score (nSPS) is 16.4. The molecule has 0 aromatic heterocycles. The van der Waals surface area contributed by atoms with Crippen LogP contribution in [-0.2, 0) is 0 Å². The van der Waals surface area contributed by atoms with Gasteiger partial charge in [-0.3, -0.25) is 0 Å². The zero-order valence-corrected chi connectivity index (χ0v) is 6.28. The topological polar surface area (TPSA) is 0 Å². The number of hydrogen-bond acceptors (Lipinski definition) is 0. The van der Waals surface area contributed by atoms with E-state index in [0.29, 0.717) is 0 Å². The average Bonchev–Trinajstić information content (AvgIpc) is 1.97. The van der Waals surface area contributed by atoms with E-state index in [-0.39, 0.29) is 0 Å². The minimum atomic E-state index is -6.64. The Hall–Kier alpha value is -0.960. The molecule has 0 aromatic rings. The molecular formula is C5F10. The lowest BCUT2D eigenvalue weighted by atomic mass is 10.2. The van der Waals surface area contributed by atoms with Gasteiger partial charge in [0, 0.05) is 0 Å². The average molecular weight is 250 g/mol. The first-order valence-corrected chi connectivity index (χ1v) is 2.89. The van der Waals surface area contributed by atoms with Crippen molar-refractivity contribution >= 4 is 0 Å². The van der Waals surface area contributed by atoms with Crippen LogP contribution >= 0.6 is 0 Å². The molecule has 0 rings (SSSR count). The van der Waals surface area contributed by atoms with Crippen molar-refractivity contribution in [3.05, 3.63) is 11.7 Å². The van der Waals surface area contributed by atoms with E-state index in [1.165, 1.54) is 0 Å². The lowest BCUT2D eigenvalue weighted by Crippen LogP contribution is -2.38. The zero-order valence-electron chi connectivity index (χ0n) is 6.28. The Morgan fingerprint density at radius 3 is 1.13 bits per heavy atom. The Kier molecular flexibility index (Phi) is 3.33. The van der Waals surface area contributed by atoms with Crippen molar-refractivity contribution in [2.45, 2.75) is 18.3 Å². The third-order valence-corrected chi connectivity index (χ3v) is 1.07. The summed E-state index contributed by atoms with van der Waals surface area (Å²) in [6.07, 6.45) is -12.9. The van der Waals surface area contributed by atoms with Gasteiger partial charge in [0.1, 0.15) is 0 Å². The van der Waals surface area contributed by atoms with E-state index in [1.54, 1.807) is 0 Å². The SMILES string of the molecule is F/C(=C(/F)C(F)(F)C(F)(F)F)C(F)(F)F. The monoisotopic (exact) mass is 250 g/mol. The highest BCUT2D eigenvalue weighted by molar-refractivity contribution is 5.15. The van der Waals surface area contributed by atoms with Crippen molar-refractivity contribution in [3.63, 3.8) is 0 Å². The minimum absolute atomic E-state index is 4.11. The first kappa shape index (κ1) is 14.0. The Morgan fingerprint density at radius 1 is 0.600 bits per heavy atom. The molecule has 0 spiro atoms. The Balaban J connectivity index is 5.44. The van der Waals surface area contributed by atoms with Gasteiger partial charge < -0.3 is 0 Å². The maximum absolute atomic E-state index is 11.9. The number of rotatable bonds is 1. The van der Waals surface area contributed by atoms with Crippen LogP contribution in [0.4, 0.5) is 43.9 Å². The predicted molar refractivity (Wildman–Crippen MR) is 26.3 cm³/mol. The number of halogens is 10. The summed E-state index contributed by atoms with van der Waals surface area (Å²) in [6.45, 7) is 0. The van der Waals surface area contributed by atoms with Crippen molar-refractivity contribution in [1.82, 2.24) is 0 Å². The van der Waals surface area contributed by atoms with Gasteiger partial charge in [0.25, 0.3) is 0 Å². The summed E-state index contributed by atoms with van der Waals surface area (Å²) in [5, 5.41) is 0. The molecule has 0 fully saturated rings. The number of alkyl halides is 8. The predicted octanol–water partition coefficient (Wildman–Crippen LogP) is 3.90. The van der Waals surface area contributed by atoms with Crippen LogP contribution in [0, 0.1) is 0 Å². The molecule has 0 aromatic carbocycles. The molecule has 0 aliphatic rings. The van der Waals surface area contributed by atoms with E-state index >= 15 is 0 Å². The van der Waals surface area contributed by atoms with Crippen molar-refractivity contribution in [2.24, 2.45) is 0 Å². The lowest BCUT2D eigenvalue weighted by Gasteiger charge is -2.18. The summed E-state index contributed by atoms with van der Waals surface area (Å²) >= 11 is 0. The Labute approximate surface area is 75.2 Å². The molecule has 0 saturated heterocycles. The van der Waals surface area contributed by atoms with Gasteiger partial charge in [-0.2, -0.15) is 39.5 Å². The highest BCUT2D eigenvalue weighted by Crippen LogP contribution is 2.45. The van der Waals surface area contributed by atoms with Gasteiger partial charge in [-0.25, -0.2) is 4.39 Å². The molecule has 0 nitrogen and oxygen atoms in total. The van der Waals surface area contributed by atoms with Crippen LogP contribution in [0.1, 0.15) is 0 Å². The van der Waals surface area contributed by atoms with Gasteiger partial charge in [0.05, 0.1) is 0 Å². The van der Waals surface area contributed by atoms with Crippen LogP contribution in [0.25, 0.3) is 0 Å².